The summed E-state index contributed by atoms with van der Waals surface area (Å²) in [5, 5.41) is 40.9. The Labute approximate surface area is 402 Å². The van der Waals surface area contributed by atoms with Crippen LogP contribution < -0.4 is 11.2 Å². The van der Waals surface area contributed by atoms with Crippen LogP contribution >= 0.6 is 0 Å². The van der Waals surface area contributed by atoms with Gasteiger partial charge < -0.3 is 29.9 Å². The maximum Gasteiger partial charge on any atom is 0.333 e. The van der Waals surface area contributed by atoms with E-state index in [4.69, 9.17) is 9.47 Å². The standard InChI is InChI=1S/C56H92N2O9/c1-51(2)30-32-56(33-31-54(6)39(40(56)37-51)23-24-43-53(5)28-26-44(60)52(3,4)42(53)25-29-55(43,54)7)49(64)66-36-22-20-18-16-14-12-10-8-9-11-13-15-17-19-21-34-57-45(61)27-35-58(50(57)65)48-47(63)46(62)41(38-59)67-48/h23,27,35,40-44,46-48,59-60,62-63H,8-22,24-26,28-34,36-38H2,1-7H3/t40-,41+,42?,43+,44-,46+,47+,48+,53-,54+,55+,56-/m0/s1. The molecule has 1 aliphatic heterocycles. The first-order chi connectivity index (χ1) is 31.8. The van der Waals surface area contributed by atoms with E-state index < -0.39 is 42.4 Å². The van der Waals surface area contributed by atoms with Gasteiger partial charge >= 0.3 is 11.7 Å². The van der Waals surface area contributed by atoms with Crippen molar-refractivity contribution in [2.75, 3.05) is 13.2 Å². The number of ether oxygens (including phenoxy) is 2. The highest BCUT2D eigenvalue weighted by atomic mass is 16.6. The van der Waals surface area contributed by atoms with Gasteiger partial charge in [0.2, 0.25) is 0 Å². The number of fused-ring (bicyclic) bond motifs is 7. The highest BCUT2D eigenvalue weighted by Crippen LogP contribution is 2.76. The molecule has 5 aliphatic carbocycles. The number of rotatable bonds is 21. The number of carbonyl (C=O) groups is 1. The Balaban J connectivity index is 0.759. The van der Waals surface area contributed by atoms with E-state index in [0.29, 0.717) is 24.9 Å². The van der Waals surface area contributed by atoms with Gasteiger partial charge in [0.25, 0.3) is 5.56 Å². The Morgan fingerprint density at radius 2 is 1.33 bits per heavy atom. The van der Waals surface area contributed by atoms with Crippen LogP contribution in [-0.4, -0.2) is 73.2 Å². The molecular weight excluding hydrogens is 845 g/mol. The van der Waals surface area contributed by atoms with Crippen molar-refractivity contribution >= 4 is 5.97 Å². The second-order valence-corrected chi connectivity index (χ2v) is 24.9. The fourth-order valence-electron chi connectivity index (χ4n) is 15.6. The summed E-state index contributed by atoms with van der Waals surface area (Å²) >= 11 is 0. The van der Waals surface area contributed by atoms with Gasteiger partial charge in [-0.2, -0.15) is 0 Å². The zero-order chi connectivity index (χ0) is 48.4. The first kappa shape index (κ1) is 52.5. The van der Waals surface area contributed by atoms with E-state index in [1.165, 1.54) is 82.9 Å². The van der Waals surface area contributed by atoms with E-state index in [0.717, 1.165) is 92.6 Å². The highest BCUT2D eigenvalue weighted by molar-refractivity contribution is 5.78. The zero-order valence-electron chi connectivity index (χ0n) is 42.9. The molecule has 4 N–H and O–H groups in total. The summed E-state index contributed by atoms with van der Waals surface area (Å²) in [5.41, 5.74) is 0.879. The first-order valence-electron chi connectivity index (χ1n) is 27.3. The number of hydrogen-bond acceptors (Lipinski definition) is 9. The second-order valence-electron chi connectivity index (χ2n) is 24.9. The van der Waals surface area contributed by atoms with Crippen molar-refractivity contribution in [3.05, 3.63) is 44.8 Å². The molecule has 12 atom stereocenters. The minimum atomic E-state index is -1.38. The maximum absolute atomic E-state index is 14.4. The smallest absolute Gasteiger partial charge is 0.333 e. The lowest BCUT2D eigenvalue weighted by Crippen LogP contribution is -2.65. The first-order valence-corrected chi connectivity index (χ1v) is 27.3. The monoisotopic (exact) mass is 937 g/mol. The van der Waals surface area contributed by atoms with Gasteiger partial charge in [0.15, 0.2) is 6.23 Å². The lowest BCUT2D eigenvalue weighted by molar-refractivity contribution is -0.206. The Bertz CT molecular complexity index is 1990. The van der Waals surface area contributed by atoms with E-state index in [2.05, 4.69) is 54.5 Å². The van der Waals surface area contributed by atoms with Crippen molar-refractivity contribution in [2.45, 2.75) is 246 Å². The van der Waals surface area contributed by atoms with Crippen molar-refractivity contribution in [1.29, 1.82) is 0 Å². The molecule has 5 fully saturated rings. The van der Waals surface area contributed by atoms with Crippen LogP contribution in [0, 0.1) is 50.2 Å². The number of hydrogen-bond donors (Lipinski definition) is 4. The van der Waals surface area contributed by atoms with E-state index >= 15 is 0 Å². The molecule has 380 valence electrons. The summed E-state index contributed by atoms with van der Waals surface area (Å²) < 4.78 is 14.1. The van der Waals surface area contributed by atoms with Crippen molar-refractivity contribution in [3.63, 3.8) is 0 Å². The Morgan fingerprint density at radius 1 is 0.731 bits per heavy atom. The quantitative estimate of drug-likeness (QED) is 0.0534. The second kappa shape index (κ2) is 21.2. The Hall–Kier alpha value is -2.31. The molecule has 67 heavy (non-hydrogen) atoms. The summed E-state index contributed by atoms with van der Waals surface area (Å²) in [7, 11) is 0. The molecule has 11 nitrogen and oxygen atoms in total. The van der Waals surface area contributed by atoms with E-state index in [1.807, 2.05) is 0 Å². The number of unbranched alkanes of at least 4 members (excludes halogenated alkanes) is 14. The van der Waals surface area contributed by atoms with Gasteiger partial charge in [-0.1, -0.05) is 144 Å². The van der Waals surface area contributed by atoms with Gasteiger partial charge in [-0.15, -0.1) is 0 Å². The van der Waals surface area contributed by atoms with Gasteiger partial charge in [0.1, 0.15) is 18.3 Å². The summed E-state index contributed by atoms with van der Waals surface area (Å²) in [4.78, 5) is 39.9. The van der Waals surface area contributed by atoms with Gasteiger partial charge in [-0.25, -0.2) is 4.79 Å². The number of aliphatic hydroxyl groups is 4. The minimum absolute atomic E-state index is 0.0527. The van der Waals surface area contributed by atoms with Gasteiger partial charge in [0.05, 0.1) is 24.7 Å². The number of aromatic nitrogens is 2. The van der Waals surface area contributed by atoms with E-state index in [-0.39, 0.29) is 57.0 Å². The van der Waals surface area contributed by atoms with Crippen LogP contribution in [0.5, 0.6) is 0 Å². The highest BCUT2D eigenvalue weighted by Gasteiger charge is 2.69. The zero-order valence-corrected chi connectivity index (χ0v) is 42.9. The molecule has 7 rings (SSSR count). The summed E-state index contributed by atoms with van der Waals surface area (Å²) in [6.07, 6.45) is 26.6. The Kier molecular flexibility index (Phi) is 16.6. The SMILES string of the molecule is CC1(C)CC[C@]2(C(=O)OCCCCCCCCCCCCCCCCCn3c(=O)ccn([C@@H]4O[C@H](CO)[C@@H](O)[C@H]4O)c3=O)CC[C@]3(C)C(=CC[C@@H]4[C@@]5(C)CC[C@H](O)C(C)(C)C5CC[C@]43C)[C@@H]2C1. The lowest BCUT2D eigenvalue weighted by atomic mass is 9.33. The van der Waals surface area contributed by atoms with Crippen LogP contribution in [0.3, 0.4) is 0 Å². The van der Waals surface area contributed by atoms with Gasteiger partial charge in [-0.05, 0) is 122 Å². The molecule has 6 aliphatic rings. The van der Waals surface area contributed by atoms with E-state index in [9.17, 15) is 34.8 Å². The molecule has 1 aromatic heterocycles. The van der Waals surface area contributed by atoms with E-state index in [1.54, 1.807) is 5.57 Å². The third kappa shape index (κ3) is 10.1. The molecule has 0 radical (unpaired) electrons. The summed E-state index contributed by atoms with van der Waals surface area (Å²) in [6.45, 7) is 17.7. The molecule has 0 amide bonds. The van der Waals surface area contributed by atoms with Crippen LogP contribution in [0.4, 0.5) is 0 Å². The van der Waals surface area contributed by atoms with Crippen LogP contribution in [0.25, 0.3) is 0 Å². The topological polar surface area (TPSA) is 160 Å². The molecule has 4 saturated carbocycles. The van der Waals surface area contributed by atoms with Crippen molar-refractivity contribution in [2.24, 2.45) is 50.2 Å². The van der Waals surface area contributed by atoms with Crippen LogP contribution in [0.1, 0.15) is 215 Å². The molecule has 0 bridgehead atoms. The predicted octanol–water partition coefficient (Wildman–Crippen LogP) is 10.2. The summed E-state index contributed by atoms with van der Waals surface area (Å²) in [6, 6.07) is 1.27. The number of carbonyl (C=O) groups excluding carboxylic acids is 1. The van der Waals surface area contributed by atoms with Gasteiger partial charge in [-0.3, -0.25) is 18.7 Å². The predicted molar refractivity (Wildman–Crippen MR) is 263 cm³/mol. The molecule has 1 unspecified atom stereocenters. The third-order valence-electron chi connectivity index (χ3n) is 20.2. The molecule has 0 aromatic carbocycles. The van der Waals surface area contributed by atoms with Gasteiger partial charge in [0, 0.05) is 18.8 Å². The largest absolute Gasteiger partial charge is 0.465 e. The summed E-state index contributed by atoms with van der Waals surface area (Å²) in [5.74, 6) is 1.50. The number of esters is 1. The number of nitrogens with zero attached hydrogens (tertiary/aromatic N) is 2. The van der Waals surface area contributed by atoms with Crippen LogP contribution in [0.2, 0.25) is 0 Å². The maximum atomic E-state index is 14.4. The normalized spacial score (nSPS) is 37.4. The fraction of sp³-hybridized carbons (Fsp3) is 0.875. The van der Waals surface area contributed by atoms with Crippen LogP contribution in [0.15, 0.2) is 33.5 Å². The average Bonchev–Trinajstić information content (AvgIpc) is 3.57. The molecule has 1 aromatic rings. The minimum Gasteiger partial charge on any atom is -0.465 e. The molecule has 1 saturated heterocycles. The Morgan fingerprint density at radius 3 is 1.94 bits per heavy atom. The molecule has 0 spiro atoms. The number of allylic oxidation sites excluding steroid dienone is 2. The van der Waals surface area contributed by atoms with Crippen molar-refractivity contribution in [1.82, 2.24) is 9.13 Å². The molecular formula is C56H92N2O9. The van der Waals surface area contributed by atoms with Crippen molar-refractivity contribution < 1.29 is 34.7 Å². The molecule has 2 heterocycles. The van der Waals surface area contributed by atoms with Crippen molar-refractivity contribution in [3.8, 4) is 0 Å². The third-order valence-corrected chi connectivity index (χ3v) is 20.2. The number of aliphatic hydroxyl groups excluding tert-OH is 4. The van der Waals surface area contributed by atoms with Crippen LogP contribution in [-0.2, 0) is 20.8 Å². The lowest BCUT2D eigenvalue weighted by Gasteiger charge is -2.71. The average molecular weight is 937 g/mol. The molecule has 11 heteroatoms. The fourth-order valence-corrected chi connectivity index (χ4v) is 15.6.